The first-order valence-corrected chi connectivity index (χ1v) is 7.47. The van der Waals surface area contributed by atoms with Crippen LogP contribution in [0.2, 0.25) is 0 Å². The molecule has 0 atom stereocenters. The van der Waals surface area contributed by atoms with E-state index in [1.165, 1.54) is 0 Å². The summed E-state index contributed by atoms with van der Waals surface area (Å²) in [5.41, 5.74) is 2.24. The summed E-state index contributed by atoms with van der Waals surface area (Å²) in [6.07, 6.45) is 1.51. The van der Waals surface area contributed by atoms with E-state index in [9.17, 15) is 9.59 Å². The van der Waals surface area contributed by atoms with Crippen LogP contribution in [0.3, 0.4) is 0 Å². The maximum atomic E-state index is 12.1. The van der Waals surface area contributed by atoms with E-state index in [0.717, 1.165) is 22.6 Å². The Labute approximate surface area is 134 Å². The Balaban J connectivity index is 1.70. The number of aldehydes is 1. The lowest BCUT2D eigenvalue weighted by molar-refractivity contribution is 0.0509. The highest BCUT2D eigenvalue weighted by molar-refractivity contribution is 6.01. The summed E-state index contributed by atoms with van der Waals surface area (Å²) in [6, 6.07) is 20.6. The van der Waals surface area contributed by atoms with Crippen molar-refractivity contribution >= 4 is 23.0 Å². The van der Waals surface area contributed by atoms with Gasteiger partial charge in [-0.3, -0.25) is 4.79 Å². The van der Waals surface area contributed by atoms with Gasteiger partial charge in [-0.2, -0.15) is 0 Å². The number of hydrogen-bond acceptors (Lipinski definition) is 3. The SMILES string of the molecule is O=Cc1cccc2cc(C(=O)OCCc3ccccc3)ccc12. The first-order valence-electron chi connectivity index (χ1n) is 7.47. The monoisotopic (exact) mass is 304 g/mol. The Bertz CT molecular complexity index is 838. The molecule has 0 amide bonds. The van der Waals surface area contributed by atoms with Crippen molar-refractivity contribution in [1.82, 2.24) is 0 Å². The zero-order valence-electron chi connectivity index (χ0n) is 12.6. The van der Waals surface area contributed by atoms with Crippen molar-refractivity contribution in [3.63, 3.8) is 0 Å². The molecule has 114 valence electrons. The van der Waals surface area contributed by atoms with Crippen molar-refractivity contribution < 1.29 is 14.3 Å². The van der Waals surface area contributed by atoms with Gasteiger partial charge >= 0.3 is 5.97 Å². The molecule has 23 heavy (non-hydrogen) atoms. The van der Waals surface area contributed by atoms with Crippen LogP contribution in [0.25, 0.3) is 10.8 Å². The fourth-order valence-corrected chi connectivity index (χ4v) is 2.53. The van der Waals surface area contributed by atoms with Gasteiger partial charge in [0.25, 0.3) is 0 Å². The molecule has 3 aromatic carbocycles. The molecule has 0 unspecified atom stereocenters. The number of carbonyl (C=O) groups is 2. The van der Waals surface area contributed by atoms with Crippen LogP contribution in [0.1, 0.15) is 26.3 Å². The van der Waals surface area contributed by atoms with E-state index in [-0.39, 0.29) is 5.97 Å². The van der Waals surface area contributed by atoms with Crippen LogP contribution in [0.5, 0.6) is 0 Å². The second-order valence-electron chi connectivity index (χ2n) is 5.27. The number of fused-ring (bicyclic) bond motifs is 1. The second-order valence-corrected chi connectivity index (χ2v) is 5.27. The fraction of sp³-hybridized carbons (Fsp3) is 0.100. The highest BCUT2D eigenvalue weighted by Crippen LogP contribution is 2.19. The Morgan fingerprint density at radius 2 is 1.78 bits per heavy atom. The van der Waals surface area contributed by atoms with Crippen LogP contribution in [0.15, 0.2) is 66.7 Å². The van der Waals surface area contributed by atoms with Crippen molar-refractivity contribution in [2.24, 2.45) is 0 Å². The van der Waals surface area contributed by atoms with Gasteiger partial charge in [-0.25, -0.2) is 4.79 Å². The van der Waals surface area contributed by atoms with E-state index in [1.54, 1.807) is 30.3 Å². The molecule has 0 aliphatic heterocycles. The van der Waals surface area contributed by atoms with Crippen molar-refractivity contribution in [3.8, 4) is 0 Å². The molecule has 3 heteroatoms. The predicted molar refractivity (Wildman–Crippen MR) is 89.8 cm³/mol. The Kier molecular flexibility index (Phi) is 4.48. The van der Waals surface area contributed by atoms with Gasteiger partial charge in [0.15, 0.2) is 6.29 Å². The largest absolute Gasteiger partial charge is 0.462 e. The lowest BCUT2D eigenvalue weighted by Gasteiger charge is -2.07. The average molecular weight is 304 g/mol. The minimum absolute atomic E-state index is 0.343. The molecule has 0 aliphatic carbocycles. The Hall–Kier alpha value is -2.94. The molecule has 0 radical (unpaired) electrons. The third-order valence-corrected chi connectivity index (χ3v) is 3.74. The molecule has 3 rings (SSSR count). The van der Waals surface area contributed by atoms with E-state index in [4.69, 9.17) is 4.74 Å². The normalized spacial score (nSPS) is 10.4. The van der Waals surface area contributed by atoms with E-state index in [2.05, 4.69) is 0 Å². The molecule has 0 spiro atoms. The van der Waals surface area contributed by atoms with Gasteiger partial charge in [0.2, 0.25) is 0 Å². The van der Waals surface area contributed by atoms with Gasteiger partial charge in [-0.1, -0.05) is 54.6 Å². The summed E-state index contributed by atoms with van der Waals surface area (Å²) >= 11 is 0. The number of rotatable bonds is 5. The Morgan fingerprint density at radius 3 is 2.57 bits per heavy atom. The zero-order chi connectivity index (χ0) is 16.1. The summed E-state index contributed by atoms with van der Waals surface area (Å²) in [7, 11) is 0. The highest BCUT2D eigenvalue weighted by Gasteiger charge is 2.09. The van der Waals surface area contributed by atoms with Crippen LogP contribution < -0.4 is 0 Å². The minimum Gasteiger partial charge on any atom is -0.462 e. The van der Waals surface area contributed by atoms with E-state index in [0.29, 0.717) is 24.2 Å². The van der Waals surface area contributed by atoms with Gasteiger partial charge in [0.05, 0.1) is 12.2 Å². The molecule has 3 nitrogen and oxygen atoms in total. The average Bonchev–Trinajstić information content (AvgIpc) is 2.61. The van der Waals surface area contributed by atoms with Crippen molar-refractivity contribution in [2.75, 3.05) is 6.61 Å². The van der Waals surface area contributed by atoms with Gasteiger partial charge in [0, 0.05) is 12.0 Å². The number of benzene rings is 3. The van der Waals surface area contributed by atoms with Gasteiger partial charge in [0.1, 0.15) is 0 Å². The maximum Gasteiger partial charge on any atom is 0.338 e. The standard InChI is InChI=1S/C20H16O3/c21-14-18-8-4-7-16-13-17(9-10-19(16)18)20(22)23-12-11-15-5-2-1-3-6-15/h1-10,13-14H,11-12H2. The molecule has 0 aromatic heterocycles. The minimum atomic E-state index is -0.348. The Morgan fingerprint density at radius 1 is 0.957 bits per heavy atom. The van der Waals surface area contributed by atoms with Crippen LogP contribution in [0.4, 0.5) is 0 Å². The third kappa shape index (κ3) is 3.46. The topological polar surface area (TPSA) is 43.4 Å². The third-order valence-electron chi connectivity index (χ3n) is 3.74. The van der Waals surface area contributed by atoms with Gasteiger partial charge in [-0.15, -0.1) is 0 Å². The summed E-state index contributed by atoms with van der Waals surface area (Å²) in [5, 5.41) is 1.69. The van der Waals surface area contributed by atoms with Crippen molar-refractivity contribution in [2.45, 2.75) is 6.42 Å². The zero-order valence-corrected chi connectivity index (χ0v) is 12.6. The molecule has 0 N–H and O–H groups in total. The highest BCUT2D eigenvalue weighted by atomic mass is 16.5. The van der Waals surface area contributed by atoms with E-state index in [1.807, 2.05) is 36.4 Å². The predicted octanol–water partition coefficient (Wildman–Crippen LogP) is 4.05. The van der Waals surface area contributed by atoms with E-state index < -0.39 is 0 Å². The maximum absolute atomic E-state index is 12.1. The second kappa shape index (κ2) is 6.88. The molecule has 0 bridgehead atoms. The summed E-state index contributed by atoms with van der Waals surface area (Å²) in [4.78, 5) is 23.2. The van der Waals surface area contributed by atoms with Crippen LogP contribution in [-0.2, 0) is 11.2 Å². The molecular formula is C20H16O3. The summed E-state index contributed by atoms with van der Waals surface area (Å²) in [5.74, 6) is -0.348. The molecule has 0 heterocycles. The number of carbonyl (C=O) groups excluding carboxylic acids is 2. The number of esters is 1. The molecular weight excluding hydrogens is 288 g/mol. The lowest BCUT2D eigenvalue weighted by Crippen LogP contribution is -2.08. The smallest absolute Gasteiger partial charge is 0.338 e. The van der Waals surface area contributed by atoms with Crippen molar-refractivity contribution in [1.29, 1.82) is 0 Å². The van der Waals surface area contributed by atoms with Gasteiger partial charge < -0.3 is 4.74 Å². The summed E-state index contributed by atoms with van der Waals surface area (Å²) in [6.45, 7) is 0.343. The quantitative estimate of drug-likeness (QED) is 0.527. The van der Waals surface area contributed by atoms with Gasteiger partial charge in [-0.05, 0) is 28.5 Å². The first-order chi connectivity index (χ1) is 11.3. The van der Waals surface area contributed by atoms with Crippen LogP contribution in [0, 0.1) is 0 Å². The molecule has 0 saturated heterocycles. The van der Waals surface area contributed by atoms with Crippen LogP contribution >= 0.6 is 0 Å². The molecule has 0 aliphatic rings. The van der Waals surface area contributed by atoms with E-state index >= 15 is 0 Å². The van der Waals surface area contributed by atoms with Crippen LogP contribution in [-0.4, -0.2) is 18.9 Å². The molecule has 3 aromatic rings. The first kappa shape index (κ1) is 15.0. The number of hydrogen-bond donors (Lipinski definition) is 0. The lowest BCUT2D eigenvalue weighted by atomic mass is 10.0. The molecule has 0 fully saturated rings. The molecule has 0 saturated carbocycles. The number of ether oxygens (including phenoxy) is 1. The summed E-state index contributed by atoms with van der Waals surface area (Å²) < 4.78 is 5.33. The van der Waals surface area contributed by atoms with Crippen molar-refractivity contribution in [3.05, 3.63) is 83.4 Å². The fourth-order valence-electron chi connectivity index (χ4n) is 2.53.